The average molecular weight is 360 g/mol. The minimum atomic E-state index is -0.635. The summed E-state index contributed by atoms with van der Waals surface area (Å²) in [6.07, 6.45) is 3.18. The van der Waals surface area contributed by atoms with E-state index in [-0.39, 0.29) is 11.6 Å². The smallest absolute Gasteiger partial charge is 0.269 e. The monoisotopic (exact) mass is 360 g/mol. The Morgan fingerprint density at radius 2 is 2.00 bits per heavy atom. The Morgan fingerprint density at radius 1 is 1.19 bits per heavy atom. The maximum Gasteiger partial charge on any atom is 0.269 e. The molecule has 0 atom stereocenters. The lowest BCUT2D eigenvalue weighted by Crippen LogP contribution is -2.12. The topological polar surface area (TPSA) is 119 Å². The zero-order valence-corrected chi connectivity index (χ0v) is 14.4. The molecule has 0 unspecified atom stereocenters. The number of nitrogens with two attached hydrogens (primary N) is 1. The first kappa shape index (κ1) is 16.5. The molecule has 0 fully saturated rings. The number of fused-ring (bicyclic) bond motifs is 1. The van der Waals surface area contributed by atoms with Crippen molar-refractivity contribution in [2.24, 2.45) is 5.73 Å². The molecule has 0 saturated carbocycles. The summed E-state index contributed by atoms with van der Waals surface area (Å²) in [5.41, 5.74) is 9.01. The predicted octanol–water partition coefficient (Wildman–Crippen LogP) is 2.41. The third-order valence-electron chi connectivity index (χ3n) is 4.26. The first-order valence-corrected chi connectivity index (χ1v) is 8.23. The van der Waals surface area contributed by atoms with Crippen LogP contribution in [0, 0.1) is 6.92 Å². The number of aromatic nitrogens is 4. The molecule has 2 aromatic carbocycles. The molecule has 4 aromatic rings. The zero-order chi connectivity index (χ0) is 19.0. The van der Waals surface area contributed by atoms with Crippen molar-refractivity contribution >= 4 is 28.4 Å². The van der Waals surface area contributed by atoms with Gasteiger partial charge in [-0.1, -0.05) is 18.2 Å². The third kappa shape index (κ3) is 3.04. The molecule has 0 saturated heterocycles. The van der Waals surface area contributed by atoms with Crippen molar-refractivity contribution < 1.29 is 9.59 Å². The van der Waals surface area contributed by atoms with Gasteiger partial charge in [-0.2, -0.15) is 10.2 Å². The van der Waals surface area contributed by atoms with E-state index in [9.17, 15) is 9.59 Å². The number of hydrogen-bond acceptors (Lipinski definition) is 4. The number of nitrogens with zero attached hydrogens (tertiary/aromatic N) is 3. The summed E-state index contributed by atoms with van der Waals surface area (Å²) >= 11 is 0. The van der Waals surface area contributed by atoms with Crippen molar-refractivity contribution in [1.29, 1.82) is 0 Å². The van der Waals surface area contributed by atoms with Gasteiger partial charge in [0.25, 0.3) is 11.8 Å². The van der Waals surface area contributed by atoms with Crippen LogP contribution in [0.1, 0.15) is 26.4 Å². The van der Waals surface area contributed by atoms with E-state index in [0.717, 1.165) is 11.3 Å². The molecule has 0 aliphatic carbocycles. The number of H-pyrrole nitrogens is 1. The fourth-order valence-electron chi connectivity index (χ4n) is 2.88. The molecule has 0 aliphatic rings. The first-order valence-electron chi connectivity index (χ1n) is 8.23. The van der Waals surface area contributed by atoms with Gasteiger partial charge in [-0.15, -0.1) is 0 Å². The summed E-state index contributed by atoms with van der Waals surface area (Å²) in [5, 5.41) is 14.2. The van der Waals surface area contributed by atoms with E-state index in [1.165, 1.54) is 6.20 Å². The van der Waals surface area contributed by atoms with Crippen LogP contribution >= 0.6 is 0 Å². The maximum absolute atomic E-state index is 12.6. The second kappa shape index (κ2) is 6.41. The Labute approximate surface area is 154 Å². The number of carbonyl (C=O) groups is 2. The molecule has 4 N–H and O–H groups in total. The molecule has 134 valence electrons. The van der Waals surface area contributed by atoms with Crippen molar-refractivity contribution in [1.82, 2.24) is 20.0 Å². The molecular formula is C19H16N6O2. The molecule has 8 heteroatoms. The number of rotatable bonds is 4. The van der Waals surface area contributed by atoms with E-state index in [1.54, 1.807) is 29.1 Å². The van der Waals surface area contributed by atoms with Crippen molar-refractivity contribution in [3.63, 3.8) is 0 Å². The van der Waals surface area contributed by atoms with Crippen molar-refractivity contribution in [3.05, 3.63) is 71.7 Å². The molecule has 0 aliphatic heterocycles. The minimum Gasteiger partial charge on any atom is -0.364 e. The summed E-state index contributed by atoms with van der Waals surface area (Å²) < 4.78 is 1.66. The van der Waals surface area contributed by atoms with E-state index < -0.39 is 5.91 Å². The molecule has 2 heterocycles. The quantitative estimate of drug-likeness (QED) is 0.518. The summed E-state index contributed by atoms with van der Waals surface area (Å²) in [4.78, 5) is 24.0. The second-order valence-corrected chi connectivity index (χ2v) is 6.11. The Bertz CT molecular complexity index is 1170. The Hall–Kier alpha value is -3.94. The van der Waals surface area contributed by atoms with Crippen LogP contribution in [0.4, 0.5) is 5.69 Å². The van der Waals surface area contributed by atoms with Crippen LogP contribution in [0.3, 0.4) is 0 Å². The second-order valence-electron chi connectivity index (χ2n) is 6.11. The Morgan fingerprint density at radius 3 is 2.78 bits per heavy atom. The van der Waals surface area contributed by atoms with Crippen LogP contribution < -0.4 is 11.1 Å². The maximum atomic E-state index is 12.6. The minimum absolute atomic E-state index is 0.133. The molecule has 27 heavy (non-hydrogen) atoms. The zero-order valence-electron chi connectivity index (χ0n) is 14.4. The van der Waals surface area contributed by atoms with E-state index in [2.05, 4.69) is 20.6 Å². The lowest BCUT2D eigenvalue weighted by Gasteiger charge is -2.05. The third-order valence-corrected chi connectivity index (χ3v) is 4.26. The van der Waals surface area contributed by atoms with Crippen LogP contribution in [-0.4, -0.2) is 31.8 Å². The van der Waals surface area contributed by atoms with Gasteiger partial charge in [0.2, 0.25) is 0 Å². The number of amides is 2. The van der Waals surface area contributed by atoms with Crippen LogP contribution in [0.5, 0.6) is 0 Å². The number of benzene rings is 2. The SMILES string of the molecule is Cc1ccccc1-n1cc(C(=O)Nc2ccc3[nH]nc(C(N)=O)c3c2)cn1. The lowest BCUT2D eigenvalue weighted by molar-refractivity contribution is 0.0995. The van der Waals surface area contributed by atoms with Gasteiger partial charge in [-0.05, 0) is 36.8 Å². The van der Waals surface area contributed by atoms with E-state index >= 15 is 0 Å². The molecule has 2 aromatic heterocycles. The van der Waals surface area contributed by atoms with E-state index in [4.69, 9.17) is 5.73 Å². The van der Waals surface area contributed by atoms with Crippen LogP contribution in [0.25, 0.3) is 16.6 Å². The number of aromatic amines is 1. The summed E-state index contributed by atoms with van der Waals surface area (Å²) in [6.45, 7) is 1.98. The predicted molar refractivity (Wildman–Crippen MR) is 101 cm³/mol. The van der Waals surface area contributed by atoms with Gasteiger partial charge >= 0.3 is 0 Å². The number of nitrogens with one attached hydrogen (secondary N) is 2. The molecule has 4 rings (SSSR count). The van der Waals surface area contributed by atoms with Crippen molar-refractivity contribution in [3.8, 4) is 5.69 Å². The molecule has 2 amide bonds. The van der Waals surface area contributed by atoms with Crippen molar-refractivity contribution in [2.75, 3.05) is 5.32 Å². The molecule has 0 radical (unpaired) electrons. The number of primary amides is 1. The number of hydrogen-bond donors (Lipinski definition) is 3. The van der Waals surface area contributed by atoms with E-state index in [0.29, 0.717) is 22.2 Å². The van der Waals surface area contributed by atoms with Crippen molar-refractivity contribution in [2.45, 2.75) is 6.92 Å². The Kier molecular flexibility index (Phi) is 3.92. The summed E-state index contributed by atoms with van der Waals surface area (Å²) in [5.74, 6) is -0.942. The van der Waals surface area contributed by atoms with Crippen LogP contribution in [0.15, 0.2) is 54.9 Å². The van der Waals surface area contributed by atoms with Crippen LogP contribution in [-0.2, 0) is 0 Å². The normalized spacial score (nSPS) is 10.9. The highest BCUT2D eigenvalue weighted by molar-refractivity contribution is 6.07. The van der Waals surface area contributed by atoms with Gasteiger partial charge in [-0.3, -0.25) is 14.7 Å². The van der Waals surface area contributed by atoms with Gasteiger partial charge in [0.1, 0.15) is 0 Å². The van der Waals surface area contributed by atoms with Gasteiger partial charge < -0.3 is 11.1 Å². The van der Waals surface area contributed by atoms with E-state index in [1.807, 2.05) is 31.2 Å². The summed E-state index contributed by atoms with van der Waals surface area (Å²) in [7, 11) is 0. The highest BCUT2D eigenvalue weighted by atomic mass is 16.2. The number of para-hydroxylation sites is 1. The number of aryl methyl sites for hydroxylation is 1. The van der Waals surface area contributed by atoms with Crippen LogP contribution in [0.2, 0.25) is 0 Å². The molecule has 8 nitrogen and oxygen atoms in total. The highest BCUT2D eigenvalue weighted by Crippen LogP contribution is 2.21. The van der Waals surface area contributed by atoms with Gasteiger partial charge in [-0.25, -0.2) is 4.68 Å². The highest BCUT2D eigenvalue weighted by Gasteiger charge is 2.14. The fraction of sp³-hybridized carbons (Fsp3) is 0.0526. The van der Waals surface area contributed by atoms with Gasteiger partial charge in [0.05, 0.1) is 23.0 Å². The number of carbonyl (C=O) groups excluding carboxylic acids is 2. The molecule has 0 spiro atoms. The Balaban J connectivity index is 1.59. The standard InChI is InChI=1S/C19H16N6O2/c1-11-4-2-3-5-16(11)25-10-12(9-21-25)19(27)22-13-6-7-15-14(8-13)17(18(20)26)24-23-15/h2-10H,1H3,(H2,20,26)(H,22,27)(H,23,24). The molecular weight excluding hydrogens is 344 g/mol. The summed E-state index contributed by atoms with van der Waals surface area (Å²) in [6, 6.07) is 12.9. The van der Waals surface area contributed by atoms with Gasteiger partial charge in [0, 0.05) is 17.3 Å². The lowest BCUT2D eigenvalue weighted by atomic mass is 10.1. The fourth-order valence-corrected chi connectivity index (χ4v) is 2.88. The average Bonchev–Trinajstić information content (AvgIpc) is 3.29. The largest absolute Gasteiger partial charge is 0.364 e. The number of anilines is 1. The van der Waals surface area contributed by atoms with Gasteiger partial charge in [0.15, 0.2) is 5.69 Å². The molecule has 0 bridgehead atoms. The first-order chi connectivity index (χ1) is 13.0.